The van der Waals surface area contributed by atoms with Crippen molar-refractivity contribution in [2.75, 3.05) is 4.90 Å². The van der Waals surface area contributed by atoms with Crippen molar-refractivity contribution in [3.63, 3.8) is 0 Å². The van der Waals surface area contributed by atoms with Crippen molar-refractivity contribution in [1.29, 1.82) is 0 Å². The first-order chi connectivity index (χ1) is 15.5. The number of hydrogen-bond donors (Lipinski definition) is 1. The molecule has 34 heavy (non-hydrogen) atoms. The minimum Gasteiger partial charge on any atom is -0.465 e. The molecule has 0 aromatic heterocycles. The molecule has 0 radical (unpaired) electrons. The summed E-state index contributed by atoms with van der Waals surface area (Å²) in [6, 6.07) is 2.69. The van der Waals surface area contributed by atoms with Crippen LogP contribution in [0, 0.1) is 0 Å². The minimum atomic E-state index is -5.07. The third-order valence-corrected chi connectivity index (χ3v) is 5.78. The van der Waals surface area contributed by atoms with Crippen LogP contribution in [0.1, 0.15) is 53.5 Å². The molecule has 3 rings (SSSR count). The van der Waals surface area contributed by atoms with Gasteiger partial charge < -0.3 is 5.11 Å². The molecule has 2 aromatic rings. The van der Waals surface area contributed by atoms with Gasteiger partial charge in [-0.25, -0.2) is 4.79 Å². The first kappa shape index (κ1) is 25.7. The molecule has 1 aliphatic heterocycles. The molecule has 1 aliphatic rings. The third-order valence-electron chi connectivity index (χ3n) is 5.78. The van der Waals surface area contributed by atoms with Gasteiger partial charge in [0.05, 0.1) is 22.4 Å². The van der Waals surface area contributed by atoms with Crippen LogP contribution in [0.5, 0.6) is 0 Å². The fourth-order valence-corrected chi connectivity index (χ4v) is 4.26. The third kappa shape index (κ3) is 5.25. The van der Waals surface area contributed by atoms with Gasteiger partial charge in [0, 0.05) is 6.04 Å². The summed E-state index contributed by atoms with van der Waals surface area (Å²) < 4.78 is 119. The highest BCUT2D eigenvalue weighted by Crippen LogP contribution is 2.45. The number of nitrogens with zero attached hydrogens (tertiary/aromatic N) is 1. The lowest BCUT2D eigenvalue weighted by Crippen LogP contribution is -2.44. The minimum absolute atomic E-state index is 0.0267. The van der Waals surface area contributed by atoms with Gasteiger partial charge in [0.1, 0.15) is 0 Å². The smallest absolute Gasteiger partial charge is 0.416 e. The Morgan fingerprint density at radius 2 is 1.41 bits per heavy atom. The normalized spacial score (nSPS) is 19.2. The molecule has 186 valence electrons. The zero-order valence-electron chi connectivity index (χ0n) is 17.4. The molecule has 0 bridgehead atoms. The van der Waals surface area contributed by atoms with Crippen molar-refractivity contribution in [3.8, 4) is 0 Å². The lowest BCUT2D eigenvalue weighted by molar-refractivity contribution is -0.143. The van der Waals surface area contributed by atoms with Crippen LogP contribution in [0.3, 0.4) is 0 Å². The maximum Gasteiger partial charge on any atom is 0.416 e. The number of alkyl halides is 9. The molecule has 0 saturated carbocycles. The first-order valence-electron chi connectivity index (χ1n) is 10.0. The number of amides is 1. The molecule has 1 N–H and O–H groups in total. The molecule has 0 fully saturated rings. The van der Waals surface area contributed by atoms with Gasteiger partial charge in [0.25, 0.3) is 0 Å². The summed E-state index contributed by atoms with van der Waals surface area (Å²) in [5.74, 6) is -0.942. The highest BCUT2D eigenvalue weighted by molar-refractivity contribution is 5.89. The number of anilines is 1. The largest absolute Gasteiger partial charge is 0.465 e. The summed E-state index contributed by atoms with van der Waals surface area (Å²) in [5.41, 5.74) is -4.71. The monoisotopic (exact) mass is 499 g/mol. The van der Waals surface area contributed by atoms with Crippen LogP contribution in [-0.4, -0.2) is 17.2 Å². The molecule has 0 unspecified atom stereocenters. The summed E-state index contributed by atoms with van der Waals surface area (Å²) in [6.07, 6.45) is -16.6. The van der Waals surface area contributed by atoms with Gasteiger partial charge in [-0.15, -0.1) is 0 Å². The Balaban J connectivity index is 2.15. The second-order valence-corrected chi connectivity index (χ2v) is 8.04. The Hall–Kier alpha value is -2.92. The Bertz CT molecular complexity index is 1040. The van der Waals surface area contributed by atoms with Gasteiger partial charge in [-0.1, -0.05) is 6.92 Å². The average molecular weight is 499 g/mol. The van der Waals surface area contributed by atoms with E-state index in [1.165, 1.54) is 0 Å². The topological polar surface area (TPSA) is 40.5 Å². The number of benzene rings is 2. The van der Waals surface area contributed by atoms with Crippen LogP contribution >= 0.6 is 0 Å². The molecule has 12 heteroatoms. The van der Waals surface area contributed by atoms with Crippen molar-refractivity contribution >= 4 is 11.8 Å². The van der Waals surface area contributed by atoms with E-state index in [9.17, 15) is 49.4 Å². The molecule has 2 aromatic carbocycles. The van der Waals surface area contributed by atoms with Crippen molar-refractivity contribution in [2.24, 2.45) is 0 Å². The molecule has 1 amide bonds. The molecule has 0 spiro atoms. The highest BCUT2D eigenvalue weighted by Gasteiger charge is 2.40. The molecule has 3 nitrogen and oxygen atoms in total. The number of carboxylic acid groups (broad SMARTS) is 1. The summed E-state index contributed by atoms with van der Waals surface area (Å²) in [5, 5.41) is 9.60. The maximum absolute atomic E-state index is 13.3. The van der Waals surface area contributed by atoms with E-state index in [4.69, 9.17) is 0 Å². The van der Waals surface area contributed by atoms with Gasteiger partial charge >= 0.3 is 24.6 Å². The Kier molecular flexibility index (Phi) is 6.57. The molecular formula is C22H18F9NO2. The number of rotatable bonds is 3. The number of hydrogen-bond acceptors (Lipinski definition) is 1. The zero-order valence-corrected chi connectivity index (χ0v) is 17.4. The first-order valence-corrected chi connectivity index (χ1v) is 10.0. The van der Waals surface area contributed by atoms with Crippen LogP contribution < -0.4 is 4.90 Å². The van der Waals surface area contributed by atoms with E-state index < -0.39 is 59.7 Å². The van der Waals surface area contributed by atoms with E-state index in [0.717, 1.165) is 11.0 Å². The van der Waals surface area contributed by atoms with Crippen LogP contribution in [0.15, 0.2) is 36.4 Å². The van der Waals surface area contributed by atoms with Gasteiger partial charge in [-0.3, -0.25) is 4.90 Å². The van der Waals surface area contributed by atoms with Crippen LogP contribution in [-0.2, 0) is 24.9 Å². The van der Waals surface area contributed by atoms with Gasteiger partial charge in [0.2, 0.25) is 0 Å². The molecule has 2 atom stereocenters. The quantitative estimate of drug-likeness (QED) is 0.439. The maximum atomic E-state index is 13.3. The van der Waals surface area contributed by atoms with Crippen molar-refractivity contribution in [1.82, 2.24) is 0 Å². The summed E-state index contributed by atoms with van der Waals surface area (Å²) in [6.45, 7) is 1.62. The van der Waals surface area contributed by atoms with Crippen LogP contribution in [0.4, 0.5) is 50.0 Å². The molecule has 0 aliphatic carbocycles. The van der Waals surface area contributed by atoms with E-state index >= 15 is 0 Å². The number of fused-ring (bicyclic) bond motifs is 1. The Morgan fingerprint density at radius 3 is 1.85 bits per heavy atom. The number of halogens is 9. The molecular weight excluding hydrogens is 481 g/mol. The standard InChI is InChI=1S/C22H18F9NO2/c1-2-16-8-12(5-11-6-14(21(26,27)28)9-15(7-11)22(29,30)31)17-10-13(20(23,24)25)3-4-18(17)32(16)19(33)34/h3-4,6-7,9-10,12,16H,2,5,8H2,1H3,(H,33,34)/t12-,16-/m1/s1. The lowest BCUT2D eigenvalue weighted by Gasteiger charge is -2.39. The Labute approximate surface area is 187 Å². The van der Waals surface area contributed by atoms with Crippen molar-refractivity contribution in [3.05, 3.63) is 64.2 Å². The van der Waals surface area contributed by atoms with Crippen LogP contribution in [0.25, 0.3) is 0 Å². The van der Waals surface area contributed by atoms with E-state index in [1.54, 1.807) is 6.92 Å². The van der Waals surface area contributed by atoms with Gasteiger partial charge in [-0.2, -0.15) is 39.5 Å². The fraction of sp³-hybridized carbons (Fsp3) is 0.409. The van der Waals surface area contributed by atoms with E-state index in [1.807, 2.05) is 0 Å². The molecule has 1 heterocycles. The zero-order chi connectivity index (χ0) is 25.6. The Morgan fingerprint density at radius 1 is 0.882 bits per heavy atom. The SMILES string of the molecule is CC[C@@H]1C[C@@H](Cc2cc(C(F)(F)F)cc(C(F)(F)F)c2)c2cc(C(F)(F)F)ccc2N1C(=O)O. The fourth-order valence-electron chi connectivity index (χ4n) is 4.26. The average Bonchev–Trinajstić information content (AvgIpc) is 2.70. The highest BCUT2D eigenvalue weighted by atomic mass is 19.4. The predicted octanol–water partition coefficient (Wildman–Crippen LogP) is 7.74. The molecule has 0 saturated heterocycles. The van der Waals surface area contributed by atoms with E-state index in [2.05, 4.69) is 0 Å². The summed E-state index contributed by atoms with van der Waals surface area (Å²) in [7, 11) is 0. The predicted molar refractivity (Wildman–Crippen MR) is 104 cm³/mol. The second-order valence-electron chi connectivity index (χ2n) is 8.04. The van der Waals surface area contributed by atoms with Crippen LogP contribution in [0.2, 0.25) is 0 Å². The summed E-state index contributed by atoms with van der Waals surface area (Å²) in [4.78, 5) is 12.7. The van der Waals surface area contributed by atoms with Gasteiger partial charge in [-0.05, 0) is 72.7 Å². The van der Waals surface area contributed by atoms with Crippen molar-refractivity contribution in [2.45, 2.75) is 56.7 Å². The van der Waals surface area contributed by atoms with Gasteiger partial charge in [0.15, 0.2) is 0 Å². The summed E-state index contributed by atoms with van der Waals surface area (Å²) >= 11 is 0. The van der Waals surface area contributed by atoms with E-state index in [0.29, 0.717) is 24.3 Å². The lowest BCUT2D eigenvalue weighted by atomic mass is 9.80. The van der Waals surface area contributed by atoms with E-state index in [-0.39, 0.29) is 35.7 Å². The number of carbonyl (C=O) groups is 1. The van der Waals surface area contributed by atoms with Crippen molar-refractivity contribution < 1.29 is 49.4 Å². The second kappa shape index (κ2) is 8.70.